The van der Waals surface area contributed by atoms with Crippen LogP contribution in [-0.4, -0.2) is 55.4 Å². The third-order valence-electron chi connectivity index (χ3n) is 4.04. The molecule has 149 valence electrons. The molecular weight excluding hydrogens is 348 g/mol. The molecule has 1 fully saturated rings. The van der Waals surface area contributed by atoms with Crippen molar-refractivity contribution < 1.29 is 23.8 Å². The van der Waals surface area contributed by atoms with Gasteiger partial charge in [-0.25, -0.2) is 4.79 Å². The van der Waals surface area contributed by atoms with Crippen molar-refractivity contribution in [2.75, 3.05) is 31.8 Å². The average molecular weight is 377 g/mol. The summed E-state index contributed by atoms with van der Waals surface area (Å²) < 4.78 is 16.3. The predicted octanol–water partition coefficient (Wildman–Crippen LogP) is 3.48. The van der Waals surface area contributed by atoms with E-state index in [2.05, 4.69) is 11.4 Å². The van der Waals surface area contributed by atoms with Crippen LogP contribution in [0.15, 0.2) is 12.1 Å². The van der Waals surface area contributed by atoms with Gasteiger partial charge >= 0.3 is 6.09 Å². The lowest BCUT2D eigenvalue weighted by atomic mass is 10.0. The molecule has 1 aromatic carbocycles. The Hall–Kier alpha value is -2.28. The molecule has 1 aromatic rings. The molecule has 0 unspecified atom stereocenters. The predicted molar refractivity (Wildman–Crippen MR) is 102 cm³/mol. The fourth-order valence-corrected chi connectivity index (χ4v) is 2.83. The van der Waals surface area contributed by atoms with Crippen LogP contribution in [0.5, 0.6) is 5.75 Å². The summed E-state index contributed by atoms with van der Waals surface area (Å²) in [6.07, 6.45) is 2.17. The number of ether oxygens (including phenoxy) is 3. The van der Waals surface area contributed by atoms with Gasteiger partial charge in [-0.15, -0.1) is 0 Å². The number of nitrogens with zero attached hydrogens (tertiary/aromatic N) is 1. The zero-order valence-corrected chi connectivity index (χ0v) is 16.5. The maximum Gasteiger partial charge on any atom is 0.410 e. The number of nitrogens with one attached hydrogen (secondary N) is 1. The molecule has 2 rings (SSSR count). The number of carbonyl (C=O) groups is 2. The molecule has 7 heteroatoms. The zero-order chi connectivity index (χ0) is 19.9. The quantitative estimate of drug-likeness (QED) is 0.445. The van der Waals surface area contributed by atoms with Gasteiger partial charge in [0.2, 0.25) is 0 Å². The Morgan fingerprint density at radius 3 is 2.85 bits per heavy atom. The third kappa shape index (κ3) is 6.43. The van der Waals surface area contributed by atoms with Crippen molar-refractivity contribution in [1.82, 2.24) is 4.90 Å². The number of rotatable bonds is 7. The SMILES string of the molecule is CCOCOc1c[c]cc(C=O)c1N[C@@H]1CCCN(C(=O)OC(C)(C)C)C1. The second kappa shape index (κ2) is 9.60. The van der Waals surface area contributed by atoms with E-state index in [1.807, 2.05) is 27.7 Å². The van der Waals surface area contributed by atoms with Gasteiger partial charge in [-0.05, 0) is 58.7 Å². The monoisotopic (exact) mass is 377 g/mol. The van der Waals surface area contributed by atoms with E-state index >= 15 is 0 Å². The van der Waals surface area contributed by atoms with Gasteiger partial charge in [-0.3, -0.25) is 4.79 Å². The highest BCUT2D eigenvalue weighted by Crippen LogP contribution is 2.30. The Labute approximate surface area is 161 Å². The van der Waals surface area contributed by atoms with Gasteiger partial charge in [0.15, 0.2) is 13.1 Å². The normalized spacial score (nSPS) is 17.3. The van der Waals surface area contributed by atoms with Crippen LogP contribution in [-0.2, 0) is 9.47 Å². The Bertz CT molecular complexity index is 642. The molecule has 1 amide bonds. The van der Waals surface area contributed by atoms with Crippen molar-refractivity contribution in [2.24, 2.45) is 0 Å². The van der Waals surface area contributed by atoms with Gasteiger partial charge in [-0.1, -0.05) is 0 Å². The molecule has 1 radical (unpaired) electrons. The summed E-state index contributed by atoms with van der Waals surface area (Å²) in [5.41, 5.74) is 0.524. The summed E-state index contributed by atoms with van der Waals surface area (Å²) in [7, 11) is 0. The van der Waals surface area contributed by atoms with Crippen LogP contribution in [0.2, 0.25) is 0 Å². The number of amides is 1. The second-order valence-corrected chi connectivity index (χ2v) is 7.43. The van der Waals surface area contributed by atoms with Crippen molar-refractivity contribution in [1.29, 1.82) is 0 Å². The van der Waals surface area contributed by atoms with Crippen molar-refractivity contribution in [3.8, 4) is 5.75 Å². The summed E-state index contributed by atoms with van der Waals surface area (Å²) in [5.74, 6) is 0.502. The molecule has 0 aliphatic carbocycles. The van der Waals surface area contributed by atoms with Gasteiger partial charge in [0.1, 0.15) is 11.4 Å². The van der Waals surface area contributed by atoms with Crippen molar-refractivity contribution in [3.05, 3.63) is 23.8 Å². The Balaban J connectivity index is 2.08. The molecule has 1 heterocycles. The first kappa shape index (κ1) is 21.0. The highest BCUT2D eigenvalue weighted by atomic mass is 16.7. The molecule has 0 saturated carbocycles. The van der Waals surface area contributed by atoms with E-state index in [-0.39, 0.29) is 18.9 Å². The van der Waals surface area contributed by atoms with Crippen LogP contribution in [0.25, 0.3) is 0 Å². The van der Waals surface area contributed by atoms with E-state index in [9.17, 15) is 9.59 Å². The van der Waals surface area contributed by atoms with Crippen LogP contribution in [0.1, 0.15) is 50.9 Å². The van der Waals surface area contributed by atoms with Gasteiger partial charge in [0.25, 0.3) is 0 Å². The fourth-order valence-electron chi connectivity index (χ4n) is 2.83. The molecule has 1 saturated heterocycles. The highest BCUT2D eigenvalue weighted by molar-refractivity contribution is 5.87. The number of hydrogen-bond acceptors (Lipinski definition) is 6. The molecule has 1 N–H and O–H groups in total. The average Bonchev–Trinajstić information content (AvgIpc) is 2.62. The molecule has 0 spiro atoms. The first-order valence-corrected chi connectivity index (χ1v) is 9.28. The van der Waals surface area contributed by atoms with Crippen molar-refractivity contribution >= 4 is 18.1 Å². The number of aldehydes is 1. The summed E-state index contributed by atoms with van der Waals surface area (Å²) >= 11 is 0. The maximum atomic E-state index is 12.3. The molecule has 7 nitrogen and oxygen atoms in total. The van der Waals surface area contributed by atoms with Gasteiger partial charge in [0, 0.05) is 31.3 Å². The van der Waals surface area contributed by atoms with E-state index in [0.29, 0.717) is 36.7 Å². The smallest absolute Gasteiger partial charge is 0.410 e. The number of carbonyl (C=O) groups excluding carboxylic acids is 2. The number of benzene rings is 1. The van der Waals surface area contributed by atoms with E-state index < -0.39 is 5.60 Å². The number of piperidine rings is 1. The minimum atomic E-state index is -0.530. The highest BCUT2D eigenvalue weighted by Gasteiger charge is 2.28. The Morgan fingerprint density at radius 1 is 1.41 bits per heavy atom. The van der Waals surface area contributed by atoms with Crippen LogP contribution in [0.3, 0.4) is 0 Å². The molecule has 1 atom stereocenters. The molecule has 27 heavy (non-hydrogen) atoms. The third-order valence-corrected chi connectivity index (χ3v) is 4.04. The Morgan fingerprint density at radius 2 is 2.19 bits per heavy atom. The second-order valence-electron chi connectivity index (χ2n) is 7.43. The molecule has 0 bridgehead atoms. The topological polar surface area (TPSA) is 77.1 Å². The molecule has 0 aromatic heterocycles. The van der Waals surface area contributed by atoms with Gasteiger partial charge < -0.3 is 24.4 Å². The minimum absolute atomic E-state index is 0.0122. The van der Waals surface area contributed by atoms with Crippen molar-refractivity contribution in [3.63, 3.8) is 0 Å². The number of anilines is 1. The molecule has 1 aliphatic heterocycles. The number of likely N-dealkylation sites (tertiary alicyclic amines) is 1. The largest absolute Gasteiger partial charge is 0.465 e. The maximum absolute atomic E-state index is 12.3. The van der Waals surface area contributed by atoms with E-state index in [1.54, 1.807) is 17.0 Å². The lowest BCUT2D eigenvalue weighted by Gasteiger charge is -2.35. The summed E-state index contributed by atoms with van der Waals surface area (Å²) in [4.78, 5) is 25.5. The Kier molecular flexibility index (Phi) is 7.47. The lowest BCUT2D eigenvalue weighted by molar-refractivity contribution is 0.0205. The first-order valence-electron chi connectivity index (χ1n) is 9.28. The van der Waals surface area contributed by atoms with E-state index in [0.717, 1.165) is 19.1 Å². The van der Waals surface area contributed by atoms with Crippen molar-refractivity contribution in [2.45, 2.75) is 52.2 Å². The molecule has 1 aliphatic rings. The van der Waals surface area contributed by atoms with Crippen LogP contribution >= 0.6 is 0 Å². The fraction of sp³-hybridized carbons (Fsp3) is 0.600. The van der Waals surface area contributed by atoms with E-state index in [1.165, 1.54) is 0 Å². The van der Waals surface area contributed by atoms with Crippen LogP contribution < -0.4 is 10.1 Å². The minimum Gasteiger partial charge on any atom is -0.465 e. The lowest BCUT2D eigenvalue weighted by Crippen LogP contribution is -2.47. The van der Waals surface area contributed by atoms with Gasteiger partial charge in [0.05, 0.1) is 5.69 Å². The van der Waals surface area contributed by atoms with E-state index in [4.69, 9.17) is 14.2 Å². The first-order chi connectivity index (χ1) is 12.8. The summed E-state index contributed by atoms with van der Waals surface area (Å²) in [6.45, 7) is 9.21. The van der Waals surface area contributed by atoms with Crippen LogP contribution in [0.4, 0.5) is 10.5 Å². The zero-order valence-electron chi connectivity index (χ0n) is 16.5. The molecular formula is C20H29N2O5. The van der Waals surface area contributed by atoms with Crippen LogP contribution in [0, 0.1) is 6.07 Å². The summed E-state index contributed by atoms with van der Waals surface area (Å²) in [5, 5.41) is 3.36. The number of hydrogen-bond donors (Lipinski definition) is 1. The summed E-state index contributed by atoms with van der Waals surface area (Å²) in [6, 6.07) is 6.17. The standard InChI is InChI=1S/C20H29N2O5/c1-5-25-14-26-17-10-6-8-15(13-23)18(17)21-16-9-7-11-22(12-16)19(24)27-20(2,3)4/h8,10,13,16,21H,5,7,9,11-12,14H2,1-4H3/t16-/m1/s1. The van der Waals surface area contributed by atoms with Gasteiger partial charge in [-0.2, -0.15) is 0 Å².